The number of carbonyl (C=O) groups excluding carboxylic acids is 1. The van der Waals surface area contributed by atoms with Gasteiger partial charge in [-0.05, 0) is 36.2 Å². The molecule has 2 heterocycles. The zero-order chi connectivity index (χ0) is 23.0. The van der Waals surface area contributed by atoms with E-state index in [0.29, 0.717) is 5.75 Å². The number of aryl methyl sites for hydroxylation is 1. The molecule has 0 radical (unpaired) electrons. The van der Waals surface area contributed by atoms with Gasteiger partial charge in [-0.15, -0.1) is 0 Å². The van der Waals surface area contributed by atoms with Crippen LogP contribution in [0.25, 0.3) is 0 Å². The van der Waals surface area contributed by atoms with Crippen LogP contribution in [0, 0.1) is 0 Å². The molecule has 1 N–H and O–H groups in total. The number of anilines is 3. The quantitative estimate of drug-likeness (QED) is 0.398. The minimum Gasteiger partial charge on any atom is -0.495 e. The van der Waals surface area contributed by atoms with Gasteiger partial charge in [0.25, 0.3) is 0 Å². The maximum absolute atomic E-state index is 12.3. The first-order chi connectivity index (χ1) is 16.2. The summed E-state index contributed by atoms with van der Waals surface area (Å²) in [6, 6.07) is 18.0. The average molecular weight is 464 g/mol. The van der Waals surface area contributed by atoms with Crippen LogP contribution in [0.5, 0.6) is 5.75 Å². The third-order valence-electron chi connectivity index (χ3n) is 5.65. The van der Waals surface area contributed by atoms with Gasteiger partial charge in [0.2, 0.25) is 5.91 Å². The van der Waals surface area contributed by atoms with E-state index in [-0.39, 0.29) is 5.91 Å². The van der Waals surface area contributed by atoms with Gasteiger partial charge in [0.1, 0.15) is 22.9 Å². The monoisotopic (exact) mass is 463 g/mol. The Morgan fingerprint density at radius 1 is 1.03 bits per heavy atom. The lowest BCUT2D eigenvalue weighted by molar-refractivity contribution is -0.113. The molecule has 1 aliphatic heterocycles. The first-order valence-electron chi connectivity index (χ1n) is 11.1. The summed E-state index contributed by atoms with van der Waals surface area (Å²) in [5.41, 5.74) is 3.18. The minimum atomic E-state index is -0.0465. The molecule has 0 saturated carbocycles. The molecule has 2 aromatic carbocycles. The van der Waals surface area contributed by atoms with Gasteiger partial charge in [-0.3, -0.25) is 4.79 Å². The standard InChI is InChI=1S/C25H29N5O2S/c1-3-19-8-10-20(11-9-19)28-24(31)17-33-25-16-23(26-18-27-25)30-14-12-29(13-15-30)21-6-4-5-7-22(21)32-2/h4-11,16,18H,3,12-15,17H2,1-2H3,(H,28,31). The molecule has 1 aliphatic rings. The SMILES string of the molecule is CCc1ccc(NC(=O)CSc2cc(N3CCN(c4ccccc4OC)CC3)ncn2)cc1. The van der Waals surface area contributed by atoms with Crippen molar-refractivity contribution in [3.05, 3.63) is 66.5 Å². The van der Waals surface area contributed by atoms with E-state index in [4.69, 9.17) is 4.74 Å². The van der Waals surface area contributed by atoms with Crippen molar-refractivity contribution in [2.45, 2.75) is 18.4 Å². The number of hydrogen-bond donors (Lipinski definition) is 1. The second kappa shape index (κ2) is 11.0. The van der Waals surface area contributed by atoms with Crippen LogP contribution in [-0.4, -0.2) is 54.9 Å². The number of rotatable bonds is 8. The van der Waals surface area contributed by atoms with Crippen LogP contribution in [0.15, 0.2) is 66.0 Å². The Labute approximate surface area is 199 Å². The Morgan fingerprint density at radius 2 is 1.76 bits per heavy atom. The molecule has 3 aromatic rings. The highest BCUT2D eigenvalue weighted by atomic mass is 32.2. The number of nitrogens with one attached hydrogen (secondary N) is 1. The highest BCUT2D eigenvalue weighted by molar-refractivity contribution is 7.99. The van der Waals surface area contributed by atoms with Crippen LogP contribution in [0.3, 0.4) is 0 Å². The van der Waals surface area contributed by atoms with Gasteiger partial charge in [0, 0.05) is 37.9 Å². The van der Waals surface area contributed by atoms with Gasteiger partial charge >= 0.3 is 0 Å². The summed E-state index contributed by atoms with van der Waals surface area (Å²) in [5.74, 6) is 2.04. The van der Waals surface area contributed by atoms with E-state index < -0.39 is 0 Å². The molecule has 0 spiro atoms. The van der Waals surface area contributed by atoms with Gasteiger partial charge in [-0.25, -0.2) is 9.97 Å². The molecule has 0 unspecified atom stereocenters. The lowest BCUT2D eigenvalue weighted by Gasteiger charge is -2.37. The molecule has 8 heteroatoms. The molecule has 33 heavy (non-hydrogen) atoms. The lowest BCUT2D eigenvalue weighted by Crippen LogP contribution is -2.47. The van der Waals surface area contributed by atoms with Gasteiger partial charge < -0.3 is 19.9 Å². The van der Waals surface area contributed by atoms with Crippen molar-refractivity contribution in [3.63, 3.8) is 0 Å². The molecule has 0 aliphatic carbocycles. The summed E-state index contributed by atoms with van der Waals surface area (Å²) < 4.78 is 5.51. The van der Waals surface area contributed by atoms with E-state index in [0.717, 1.165) is 60.6 Å². The Bertz CT molecular complexity index is 1070. The van der Waals surface area contributed by atoms with Gasteiger partial charge in [-0.1, -0.05) is 43.0 Å². The Balaban J connectivity index is 1.30. The zero-order valence-electron chi connectivity index (χ0n) is 19.0. The zero-order valence-corrected chi connectivity index (χ0v) is 19.8. The van der Waals surface area contributed by atoms with E-state index in [9.17, 15) is 4.79 Å². The number of amides is 1. The molecule has 172 valence electrons. The van der Waals surface area contributed by atoms with Crippen LogP contribution in [-0.2, 0) is 11.2 Å². The molecule has 4 rings (SSSR count). The molecule has 7 nitrogen and oxygen atoms in total. The van der Waals surface area contributed by atoms with Crippen molar-refractivity contribution in [3.8, 4) is 5.75 Å². The van der Waals surface area contributed by atoms with Crippen molar-refractivity contribution in [2.24, 2.45) is 0 Å². The summed E-state index contributed by atoms with van der Waals surface area (Å²) in [6.45, 7) is 5.58. The minimum absolute atomic E-state index is 0.0465. The van der Waals surface area contributed by atoms with E-state index in [1.807, 2.05) is 48.5 Å². The number of methoxy groups -OCH3 is 1. The maximum Gasteiger partial charge on any atom is 0.234 e. The molecule has 0 atom stereocenters. The fourth-order valence-corrected chi connectivity index (χ4v) is 4.47. The number of nitrogens with zero attached hydrogens (tertiary/aromatic N) is 4. The summed E-state index contributed by atoms with van der Waals surface area (Å²) >= 11 is 1.42. The fraction of sp³-hybridized carbons (Fsp3) is 0.320. The van der Waals surface area contributed by atoms with Gasteiger partial charge in [-0.2, -0.15) is 0 Å². The Hall–Kier alpha value is -3.26. The molecule has 1 amide bonds. The van der Waals surface area contributed by atoms with Crippen LogP contribution in [0.2, 0.25) is 0 Å². The number of aromatic nitrogens is 2. The second-order valence-electron chi connectivity index (χ2n) is 7.75. The number of carbonyl (C=O) groups is 1. The Kier molecular flexibility index (Phi) is 7.67. The van der Waals surface area contributed by atoms with Crippen molar-refractivity contribution in [1.82, 2.24) is 9.97 Å². The number of para-hydroxylation sites is 2. The maximum atomic E-state index is 12.3. The fourth-order valence-electron chi connectivity index (χ4n) is 3.81. The number of ether oxygens (including phenoxy) is 1. The number of piperazine rings is 1. The predicted octanol–water partition coefficient (Wildman–Crippen LogP) is 4.11. The van der Waals surface area contributed by atoms with E-state index in [2.05, 4.69) is 38.1 Å². The van der Waals surface area contributed by atoms with Gasteiger partial charge in [0.15, 0.2) is 0 Å². The van der Waals surface area contributed by atoms with Crippen molar-refractivity contribution >= 4 is 34.9 Å². The average Bonchev–Trinajstić information content (AvgIpc) is 2.88. The number of thioether (sulfide) groups is 1. The number of benzene rings is 2. The van der Waals surface area contributed by atoms with Crippen molar-refractivity contribution in [2.75, 3.05) is 54.2 Å². The highest BCUT2D eigenvalue weighted by Crippen LogP contribution is 2.29. The summed E-state index contributed by atoms with van der Waals surface area (Å²) in [4.78, 5) is 25.7. The molecule has 0 bridgehead atoms. The summed E-state index contributed by atoms with van der Waals surface area (Å²) in [7, 11) is 1.71. The smallest absolute Gasteiger partial charge is 0.234 e. The normalized spacial score (nSPS) is 13.6. The van der Waals surface area contributed by atoms with E-state index in [1.54, 1.807) is 13.4 Å². The van der Waals surface area contributed by atoms with Crippen LogP contribution in [0.4, 0.5) is 17.2 Å². The summed E-state index contributed by atoms with van der Waals surface area (Å²) in [5, 5.41) is 3.74. The Morgan fingerprint density at radius 3 is 2.48 bits per heavy atom. The third-order valence-corrected chi connectivity index (χ3v) is 6.58. The highest BCUT2D eigenvalue weighted by Gasteiger charge is 2.21. The van der Waals surface area contributed by atoms with E-state index in [1.165, 1.54) is 17.3 Å². The molecular weight excluding hydrogens is 434 g/mol. The summed E-state index contributed by atoms with van der Waals surface area (Å²) in [6.07, 6.45) is 2.56. The topological polar surface area (TPSA) is 70.6 Å². The van der Waals surface area contributed by atoms with E-state index >= 15 is 0 Å². The van der Waals surface area contributed by atoms with Crippen molar-refractivity contribution in [1.29, 1.82) is 0 Å². The first kappa shape index (κ1) is 22.9. The lowest BCUT2D eigenvalue weighted by atomic mass is 10.1. The third kappa shape index (κ3) is 5.96. The van der Waals surface area contributed by atoms with Gasteiger partial charge in [0.05, 0.1) is 18.6 Å². The molecular formula is C25H29N5O2S. The predicted molar refractivity (Wildman–Crippen MR) is 135 cm³/mol. The number of hydrogen-bond acceptors (Lipinski definition) is 7. The first-order valence-corrected chi connectivity index (χ1v) is 12.1. The largest absolute Gasteiger partial charge is 0.495 e. The van der Waals surface area contributed by atoms with Crippen LogP contribution < -0.4 is 19.9 Å². The van der Waals surface area contributed by atoms with Crippen LogP contribution >= 0.6 is 11.8 Å². The molecule has 1 aromatic heterocycles. The second-order valence-corrected chi connectivity index (χ2v) is 8.74. The molecule has 1 fully saturated rings. The molecule has 1 saturated heterocycles. The van der Waals surface area contributed by atoms with Crippen LogP contribution in [0.1, 0.15) is 12.5 Å². The van der Waals surface area contributed by atoms with Crippen molar-refractivity contribution < 1.29 is 9.53 Å².